The van der Waals surface area contributed by atoms with E-state index in [2.05, 4.69) is 35.9 Å². The van der Waals surface area contributed by atoms with Gasteiger partial charge in [-0.1, -0.05) is 13.3 Å². The van der Waals surface area contributed by atoms with Crippen molar-refractivity contribution in [2.24, 2.45) is 17.6 Å². The lowest BCUT2D eigenvalue weighted by molar-refractivity contribution is -0.142. The monoisotopic (exact) mass is 458 g/mol. The topological polar surface area (TPSA) is 79.8 Å². The van der Waals surface area contributed by atoms with Gasteiger partial charge in [0.1, 0.15) is 5.82 Å². The van der Waals surface area contributed by atoms with Gasteiger partial charge in [-0.25, -0.2) is 9.50 Å². The van der Waals surface area contributed by atoms with Gasteiger partial charge in [-0.15, -0.1) is 11.6 Å². The first-order chi connectivity index (χ1) is 15.4. The van der Waals surface area contributed by atoms with Gasteiger partial charge in [-0.3, -0.25) is 4.79 Å². The lowest BCUT2D eigenvalue weighted by Crippen LogP contribution is -2.46. The fourth-order valence-corrected chi connectivity index (χ4v) is 6.19. The van der Waals surface area contributed by atoms with Crippen LogP contribution in [-0.4, -0.2) is 56.5 Å². The van der Waals surface area contributed by atoms with Crippen molar-refractivity contribution in [2.75, 3.05) is 24.5 Å². The van der Waals surface area contributed by atoms with E-state index in [4.69, 9.17) is 27.4 Å². The van der Waals surface area contributed by atoms with Gasteiger partial charge in [0.15, 0.2) is 5.65 Å². The zero-order valence-corrected chi connectivity index (χ0v) is 20.0. The number of hydrogen-bond acceptors (Lipinski definition) is 5. The van der Waals surface area contributed by atoms with Crippen LogP contribution in [0.15, 0.2) is 12.3 Å². The van der Waals surface area contributed by atoms with E-state index >= 15 is 0 Å². The van der Waals surface area contributed by atoms with Crippen molar-refractivity contribution < 1.29 is 4.79 Å². The maximum absolute atomic E-state index is 13.6. The van der Waals surface area contributed by atoms with Crippen molar-refractivity contribution >= 4 is 29.0 Å². The van der Waals surface area contributed by atoms with Crippen LogP contribution >= 0.6 is 11.6 Å². The molecule has 0 spiro atoms. The average molecular weight is 459 g/mol. The predicted octanol–water partition coefficient (Wildman–Crippen LogP) is 3.67. The molecule has 0 radical (unpaired) electrons. The lowest BCUT2D eigenvalue weighted by Gasteiger charge is -2.40. The molecule has 0 aromatic carbocycles. The van der Waals surface area contributed by atoms with E-state index in [-0.39, 0.29) is 35.2 Å². The molecule has 174 valence electrons. The first-order valence-corrected chi connectivity index (χ1v) is 12.7. The minimum absolute atomic E-state index is 0.0183. The lowest BCUT2D eigenvalue weighted by atomic mass is 9.78. The number of nitrogens with zero attached hydrogens (tertiary/aromatic N) is 5. The van der Waals surface area contributed by atoms with Gasteiger partial charge in [0.05, 0.1) is 11.7 Å². The van der Waals surface area contributed by atoms with Crippen LogP contribution < -0.4 is 10.6 Å². The molecule has 3 unspecified atom stereocenters. The molecule has 3 fully saturated rings. The Balaban J connectivity index is 1.43. The summed E-state index contributed by atoms with van der Waals surface area (Å²) >= 11 is 6.54. The SMILES string of the molecule is Cc1cn2nc([C@@H]3CCCCN3C(=O)C3CCCC(Cl)C3C)cc2nc1N1CC[C@H](N)C1. The molecular formula is C24H35ClN6O. The number of aryl methyl sites for hydroxylation is 1. The highest BCUT2D eigenvalue weighted by molar-refractivity contribution is 6.21. The van der Waals surface area contributed by atoms with Gasteiger partial charge in [0, 0.05) is 54.8 Å². The average Bonchev–Trinajstić information content (AvgIpc) is 3.40. The van der Waals surface area contributed by atoms with Crippen LogP contribution in [-0.2, 0) is 4.79 Å². The highest BCUT2D eigenvalue weighted by atomic mass is 35.5. The number of hydrogen-bond donors (Lipinski definition) is 1. The van der Waals surface area contributed by atoms with Crippen LogP contribution in [0.2, 0.25) is 0 Å². The number of rotatable bonds is 3. The highest BCUT2D eigenvalue weighted by Crippen LogP contribution is 2.38. The van der Waals surface area contributed by atoms with E-state index in [9.17, 15) is 4.79 Å². The van der Waals surface area contributed by atoms with Crippen LogP contribution in [0.3, 0.4) is 0 Å². The number of anilines is 1. The van der Waals surface area contributed by atoms with Crippen molar-refractivity contribution in [3.63, 3.8) is 0 Å². The number of carbonyl (C=O) groups excluding carboxylic acids is 1. The molecule has 2 aromatic heterocycles. The van der Waals surface area contributed by atoms with E-state index in [1.807, 2.05) is 4.52 Å². The zero-order chi connectivity index (χ0) is 22.4. The van der Waals surface area contributed by atoms with Gasteiger partial charge >= 0.3 is 0 Å². The number of aromatic nitrogens is 3. The molecule has 2 aliphatic heterocycles. The molecule has 8 heteroatoms. The third-order valence-electron chi connectivity index (χ3n) is 7.79. The summed E-state index contributed by atoms with van der Waals surface area (Å²) in [6.07, 6.45) is 9.17. The summed E-state index contributed by atoms with van der Waals surface area (Å²) < 4.78 is 1.87. The second kappa shape index (κ2) is 8.82. The van der Waals surface area contributed by atoms with E-state index in [1.54, 1.807) is 0 Å². The standard InChI is InChI=1S/C24H35ClN6O/c1-15-13-31-22(27-23(15)29-11-9-17(26)14-29)12-20(28-31)21-8-3-4-10-30(21)24(32)18-6-5-7-19(25)16(18)2/h12-13,16-19,21H,3-11,14,26H2,1-2H3/t16?,17-,18?,19?,21-/m0/s1. The highest BCUT2D eigenvalue weighted by Gasteiger charge is 2.39. The summed E-state index contributed by atoms with van der Waals surface area (Å²) in [5.74, 6) is 1.51. The number of fused-ring (bicyclic) bond motifs is 1. The van der Waals surface area contributed by atoms with Gasteiger partial charge in [-0.05, 0) is 51.4 Å². The fraction of sp³-hybridized carbons (Fsp3) is 0.708. The van der Waals surface area contributed by atoms with Crippen molar-refractivity contribution in [3.8, 4) is 0 Å². The Labute approximate surface area is 195 Å². The van der Waals surface area contributed by atoms with Gasteiger partial charge in [0.2, 0.25) is 5.91 Å². The Morgan fingerprint density at radius 2 is 2.00 bits per heavy atom. The van der Waals surface area contributed by atoms with Crippen LogP contribution in [0.1, 0.15) is 69.2 Å². The van der Waals surface area contributed by atoms with Gasteiger partial charge < -0.3 is 15.5 Å². The number of amides is 1. The number of nitrogens with two attached hydrogens (primary N) is 1. The Morgan fingerprint density at radius 3 is 2.78 bits per heavy atom. The third-order valence-corrected chi connectivity index (χ3v) is 8.41. The molecule has 1 saturated carbocycles. The molecule has 7 nitrogen and oxygen atoms in total. The maximum atomic E-state index is 13.6. The van der Waals surface area contributed by atoms with E-state index in [0.29, 0.717) is 0 Å². The molecule has 1 aliphatic carbocycles. The number of piperidine rings is 1. The Kier molecular flexibility index (Phi) is 6.05. The maximum Gasteiger partial charge on any atom is 0.226 e. The fourth-order valence-electron chi connectivity index (χ4n) is 5.86. The van der Waals surface area contributed by atoms with E-state index in [1.165, 1.54) is 0 Å². The van der Waals surface area contributed by atoms with Crippen molar-refractivity contribution in [1.29, 1.82) is 0 Å². The Bertz CT molecular complexity index is 992. The summed E-state index contributed by atoms with van der Waals surface area (Å²) in [7, 11) is 0. The molecule has 32 heavy (non-hydrogen) atoms. The van der Waals surface area contributed by atoms with Gasteiger partial charge in [-0.2, -0.15) is 5.10 Å². The quantitative estimate of drug-likeness (QED) is 0.710. The molecule has 5 atom stereocenters. The smallest absolute Gasteiger partial charge is 0.226 e. The number of likely N-dealkylation sites (tertiary alicyclic amines) is 1. The zero-order valence-electron chi connectivity index (χ0n) is 19.2. The summed E-state index contributed by atoms with van der Waals surface area (Å²) in [5, 5.41) is 4.98. The van der Waals surface area contributed by atoms with Crippen LogP contribution in [0.25, 0.3) is 5.65 Å². The molecule has 1 amide bonds. The van der Waals surface area contributed by atoms with Gasteiger partial charge in [0.25, 0.3) is 0 Å². The molecule has 2 saturated heterocycles. The first-order valence-electron chi connectivity index (χ1n) is 12.2. The summed E-state index contributed by atoms with van der Waals surface area (Å²) in [6.45, 7) is 6.81. The minimum Gasteiger partial charge on any atom is -0.355 e. The second-order valence-electron chi connectivity index (χ2n) is 10.1. The molecule has 5 rings (SSSR count). The Morgan fingerprint density at radius 1 is 1.16 bits per heavy atom. The summed E-state index contributed by atoms with van der Waals surface area (Å²) in [5.41, 5.74) is 9.01. The summed E-state index contributed by atoms with van der Waals surface area (Å²) in [4.78, 5) is 22.9. The van der Waals surface area contributed by atoms with E-state index < -0.39 is 0 Å². The number of halogens is 1. The van der Waals surface area contributed by atoms with Crippen molar-refractivity contribution in [2.45, 2.75) is 76.3 Å². The molecule has 2 N–H and O–H groups in total. The minimum atomic E-state index is 0.0183. The normalized spacial score (nSPS) is 31.4. The van der Waals surface area contributed by atoms with Crippen LogP contribution in [0.4, 0.5) is 5.82 Å². The molecule has 4 heterocycles. The first kappa shape index (κ1) is 22.0. The van der Waals surface area contributed by atoms with Crippen molar-refractivity contribution in [1.82, 2.24) is 19.5 Å². The Hall–Kier alpha value is -1.86. The summed E-state index contributed by atoms with van der Waals surface area (Å²) in [6, 6.07) is 2.30. The third kappa shape index (κ3) is 3.98. The molecule has 0 bridgehead atoms. The predicted molar refractivity (Wildman–Crippen MR) is 127 cm³/mol. The number of alkyl halides is 1. The van der Waals surface area contributed by atoms with Crippen LogP contribution in [0.5, 0.6) is 0 Å². The molecular weight excluding hydrogens is 424 g/mol. The van der Waals surface area contributed by atoms with Crippen molar-refractivity contribution in [3.05, 3.63) is 23.5 Å². The van der Waals surface area contributed by atoms with E-state index in [0.717, 1.165) is 87.3 Å². The second-order valence-corrected chi connectivity index (χ2v) is 10.6. The largest absolute Gasteiger partial charge is 0.355 e. The van der Waals surface area contributed by atoms with Crippen LogP contribution in [0, 0.1) is 18.8 Å². The molecule has 3 aliphatic rings. The molecule has 2 aromatic rings. The number of carbonyl (C=O) groups is 1.